The van der Waals surface area contributed by atoms with Crippen LogP contribution in [-0.2, 0) is 11.2 Å². The van der Waals surface area contributed by atoms with Gasteiger partial charge in [-0.25, -0.2) is 0 Å². The molecule has 0 spiro atoms. The molecule has 0 radical (unpaired) electrons. The molecule has 2 N–H and O–H groups in total. The van der Waals surface area contributed by atoms with Crippen LogP contribution in [0.4, 0.5) is 0 Å². The second kappa shape index (κ2) is 5.91. The van der Waals surface area contributed by atoms with Gasteiger partial charge in [-0.15, -0.1) is 0 Å². The van der Waals surface area contributed by atoms with Crippen molar-refractivity contribution in [1.82, 2.24) is 4.90 Å². The molecule has 3 rings (SSSR count). The van der Waals surface area contributed by atoms with E-state index in [0.29, 0.717) is 17.0 Å². The van der Waals surface area contributed by atoms with Gasteiger partial charge in [0, 0.05) is 41.0 Å². The average molecular weight is 324 g/mol. The molecule has 0 bridgehead atoms. The summed E-state index contributed by atoms with van der Waals surface area (Å²) in [6.07, 6.45) is 0.719. The Kier molecular flexibility index (Phi) is 4.12. The third-order valence-electron chi connectivity index (χ3n) is 4.11. The van der Waals surface area contributed by atoms with Crippen molar-refractivity contribution in [1.29, 1.82) is 0 Å². The molecule has 1 aromatic heterocycles. The molecule has 1 aliphatic heterocycles. The zero-order chi connectivity index (χ0) is 15.9. The number of carbonyl (C=O) groups excluding carboxylic acids is 1. The van der Waals surface area contributed by atoms with E-state index in [1.165, 1.54) is 4.90 Å². The summed E-state index contributed by atoms with van der Waals surface area (Å²) in [7, 11) is 0. The van der Waals surface area contributed by atoms with Crippen LogP contribution in [0, 0.1) is 6.92 Å². The molecule has 22 heavy (non-hydrogen) atoms. The monoisotopic (exact) mass is 323 g/mol. The van der Waals surface area contributed by atoms with Crippen molar-refractivity contribution in [2.45, 2.75) is 32.0 Å². The Hall–Kier alpha value is -1.56. The number of nitrogens with zero attached hydrogens (tertiary/aromatic N) is 1. The van der Waals surface area contributed by atoms with E-state index in [0.717, 1.165) is 16.5 Å². The number of hydrogen-bond acceptors (Lipinski definition) is 4. The van der Waals surface area contributed by atoms with Crippen molar-refractivity contribution < 1.29 is 19.4 Å². The van der Waals surface area contributed by atoms with Gasteiger partial charge in [0.2, 0.25) is 5.91 Å². The van der Waals surface area contributed by atoms with Crippen LogP contribution in [0.5, 0.6) is 0 Å². The Morgan fingerprint density at radius 3 is 2.73 bits per heavy atom. The fraction of sp³-hybridized carbons (Fsp3) is 0.438. The minimum atomic E-state index is -0.671. The number of amides is 1. The van der Waals surface area contributed by atoms with Gasteiger partial charge in [-0.05, 0) is 19.1 Å². The van der Waals surface area contributed by atoms with Crippen LogP contribution >= 0.6 is 11.6 Å². The van der Waals surface area contributed by atoms with Gasteiger partial charge in [-0.3, -0.25) is 4.79 Å². The molecule has 2 heterocycles. The summed E-state index contributed by atoms with van der Waals surface area (Å²) in [4.78, 5) is 13.9. The molecule has 6 heteroatoms. The molecule has 0 aliphatic carbocycles. The van der Waals surface area contributed by atoms with Crippen molar-refractivity contribution in [2.75, 3.05) is 13.1 Å². The molecule has 1 fully saturated rings. The van der Waals surface area contributed by atoms with Gasteiger partial charge in [0.05, 0.1) is 24.9 Å². The highest BCUT2D eigenvalue weighted by molar-refractivity contribution is 6.32. The van der Waals surface area contributed by atoms with E-state index in [9.17, 15) is 15.0 Å². The Labute approximate surface area is 133 Å². The van der Waals surface area contributed by atoms with Gasteiger partial charge >= 0.3 is 0 Å². The van der Waals surface area contributed by atoms with Crippen LogP contribution in [-0.4, -0.2) is 46.3 Å². The fourth-order valence-corrected chi connectivity index (χ4v) is 3.08. The molecule has 2 atom stereocenters. The minimum absolute atomic E-state index is 0.131. The molecule has 5 nitrogen and oxygen atoms in total. The normalized spacial score (nSPS) is 22.3. The first-order valence-corrected chi connectivity index (χ1v) is 7.62. The molecule has 1 amide bonds. The van der Waals surface area contributed by atoms with Crippen molar-refractivity contribution in [2.24, 2.45) is 0 Å². The van der Waals surface area contributed by atoms with Crippen LogP contribution in [0.25, 0.3) is 11.0 Å². The zero-order valence-electron chi connectivity index (χ0n) is 12.3. The van der Waals surface area contributed by atoms with Crippen LogP contribution < -0.4 is 0 Å². The molecule has 0 unspecified atom stereocenters. The van der Waals surface area contributed by atoms with Gasteiger partial charge < -0.3 is 19.5 Å². The van der Waals surface area contributed by atoms with Gasteiger partial charge in [0.15, 0.2) is 0 Å². The van der Waals surface area contributed by atoms with Gasteiger partial charge in [-0.1, -0.05) is 11.6 Å². The van der Waals surface area contributed by atoms with E-state index >= 15 is 0 Å². The van der Waals surface area contributed by atoms with E-state index in [2.05, 4.69) is 0 Å². The highest BCUT2D eigenvalue weighted by atomic mass is 35.5. The number of carbonyl (C=O) groups is 1. The summed E-state index contributed by atoms with van der Waals surface area (Å²) in [5.41, 5.74) is 2.32. The van der Waals surface area contributed by atoms with Crippen LogP contribution in [0.15, 0.2) is 22.8 Å². The van der Waals surface area contributed by atoms with E-state index in [-0.39, 0.29) is 25.4 Å². The first-order chi connectivity index (χ1) is 10.5. The lowest BCUT2D eigenvalue weighted by Crippen LogP contribution is -2.48. The number of likely N-dealkylation sites (tertiary alicyclic amines) is 1. The second-order valence-corrected chi connectivity index (χ2v) is 6.24. The largest absolute Gasteiger partial charge is 0.464 e. The van der Waals surface area contributed by atoms with Gasteiger partial charge in [0.25, 0.3) is 0 Å². The van der Waals surface area contributed by atoms with Crippen molar-refractivity contribution in [3.8, 4) is 0 Å². The topological polar surface area (TPSA) is 73.9 Å². The van der Waals surface area contributed by atoms with Crippen LogP contribution in [0.2, 0.25) is 5.02 Å². The molecule has 1 aliphatic rings. The molecule has 2 aromatic rings. The first kappa shape index (κ1) is 15.3. The summed E-state index contributed by atoms with van der Waals surface area (Å²) in [5.74, 6) is -0.131. The number of aryl methyl sites for hydroxylation is 1. The number of fused-ring (bicyclic) bond motifs is 1. The number of β-amino-alcohol motifs (C(OH)–C–C–N with tert-alkyl or cyclic N) is 2. The molecular weight excluding hydrogens is 306 g/mol. The Bertz CT molecular complexity index is 701. The van der Waals surface area contributed by atoms with Crippen LogP contribution in [0.3, 0.4) is 0 Å². The zero-order valence-corrected chi connectivity index (χ0v) is 13.0. The van der Waals surface area contributed by atoms with Crippen molar-refractivity contribution in [3.63, 3.8) is 0 Å². The smallest absolute Gasteiger partial charge is 0.227 e. The molecule has 0 saturated carbocycles. The summed E-state index contributed by atoms with van der Waals surface area (Å²) in [6.45, 7) is 2.39. The Balaban J connectivity index is 1.81. The predicted molar refractivity (Wildman–Crippen MR) is 82.9 cm³/mol. The highest BCUT2D eigenvalue weighted by Crippen LogP contribution is 2.29. The number of rotatable bonds is 2. The third kappa shape index (κ3) is 2.84. The second-order valence-electron chi connectivity index (χ2n) is 5.83. The van der Waals surface area contributed by atoms with E-state index in [1.807, 2.05) is 13.0 Å². The van der Waals surface area contributed by atoms with E-state index < -0.39 is 12.2 Å². The van der Waals surface area contributed by atoms with Crippen molar-refractivity contribution in [3.05, 3.63) is 34.5 Å². The van der Waals surface area contributed by atoms with Crippen LogP contribution in [0.1, 0.15) is 17.5 Å². The summed E-state index contributed by atoms with van der Waals surface area (Å²) in [6, 6.07) is 3.63. The quantitative estimate of drug-likeness (QED) is 0.885. The number of benzene rings is 1. The molecule has 118 valence electrons. The van der Waals surface area contributed by atoms with Gasteiger partial charge in [0.1, 0.15) is 5.58 Å². The highest BCUT2D eigenvalue weighted by Gasteiger charge is 2.28. The lowest BCUT2D eigenvalue weighted by Gasteiger charge is -2.33. The fourth-order valence-electron chi connectivity index (χ4n) is 2.93. The lowest BCUT2D eigenvalue weighted by atomic mass is 10.0. The molecular formula is C16H18ClNO4. The lowest BCUT2D eigenvalue weighted by molar-refractivity contribution is -0.136. The summed E-state index contributed by atoms with van der Waals surface area (Å²) >= 11 is 6.07. The number of hydrogen-bond donors (Lipinski definition) is 2. The molecule has 1 aromatic carbocycles. The summed E-state index contributed by atoms with van der Waals surface area (Å²) in [5, 5.41) is 20.8. The van der Waals surface area contributed by atoms with Gasteiger partial charge in [-0.2, -0.15) is 0 Å². The Morgan fingerprint density at radius 2 is 2.05 bits per heavy atom. The maximum Gasteiger partial charge on any atom is 0.227 e. The third-order valence-corrected chi connectivity index (χ3v) is 4.52. The standard InChI is InChI=1S/C16H18ClNO4/c1-9-14(17)3-2-13-10(8-22-16(9)13)4-15(21)18-6-11(19)5-12(20)7-18/h2-3,8,11-12,19-20H,4-7H2,1H3/t11-,12-/m0/s1. The van der Waals surface area contributed by atoms with E-state index in [4.69, 9.17) is 16.0 Å². The maximum atomic E-state index is 12.4. The summed E-state index contributed by atoms with van der Waals surface area (Å²) < 4.78 is 5.54. The minimum Gasteiger partial charge on any atom is -0.464 e. The first-order valence-electron chi connectivity index (χ1n) is 7.24. The number of aliphatic hydroxyl groups excluding tert-OH is 2. The molecule has 1 saturated heterocycles. The Morgan fingerprint density at radius 1 is 1.36 bits per heavy atom. The predicted octanol–water partition coefficient (Wildman–Crippen LogP) is 1.89. The SMILES string of the molecule is Cc1c(Cl)ccc2c(CC(=O)N3C[C@@H](O)C[C@H](O)C3)coc12. The van der Waals surface area contributed by atoms with Crippen molar-refractivity contribution >= 4 is 28.5 Å². The maximum absolute atomic E-state index is 12.4. The number of piperidine rings is 1. The number of aliphatic hydroxyl groups is 2. The number of halogens is 1. The average Bonchev–Trinajstić information content (AvgIpc) is 2.85. The number of furan rings is 1. The van der Waals surface area contributed by atoms with E-state index in [1.54, 1.807) is 12.3 Å².